The third-order valence-electron chi connectivity index (χ3n) is 8.95. The van der Waals surface area contributed by atoms with Crippen molar-refractivity contribution < 1.29 is 169 Å². The Labute approximate surface area is 289 Å². The summed E-state index contributed by atoms with van der Waals surface area (Å²) in [5.74, 6) is -70.1. The van der Waals surface area contributed by atoms with Crippen molar-refractivity contribution in [2.75, 3.05) is 0 Å². The van der Waals surface area contributed by atoms with Crippen LogP contribution in [0.2, 0.25) is 0 Å². The molecule has 2 saturated heterocycles. The van der Waals surface area contributed by atoms with Gasteiger partial charge in [0.15, 0.2) is 0 Å². The van der Waals surface area contributed by atoms with Crippen LogP contribution < -0.4 is 0 Å². The molecule has 2 heterocycles. The predicted molar refractivity (Wildman–Crippen MR) is 96.6 cm³/mol. The summed E-state index contributed by atoms with van der Waals surface area (Å²) in [5.41, 5.74) is -37.9. The summed E-state index contributed by atoms with van der Waals surface area (Å²) in [6.45, 7) is 0. The number of rotatable bonds is 12. The number of ether oxygens (including phenoxy) is 6. The molecule has 0 radical (unpaired) electrons. The fraction of sp³-hybridized carbons (Fsp3) is 1.00. The molecule has 0 aromatic carbocycles. The molecule has 6 nitrogen and oxygen atoms in total. The van der Waals surface area contributed by atoms with E-state index in [0.29, 0.717) is 0 Å². The molecule has 0 aromatic rings. The van der Waals surface area contributed by atoms with Gasteiger partial charge in [-0.2, -0.15) is 132 Å². The van der Waals surface area contributed by atoms with Gasteiger partial charge in [0.25, 0.3) is 11.2 Å². The molecule has 4 saturated carbocycles. The summed E-state index contributed by atoms with van der Waals surface area (Å²) in [6, 6.07) is 0. The lowest BCUT2D eigenvalue weighted by Gasteiger charge is -2.76. The van der Waals surface area contributed by atoms with E-state index in [-0.39, 0.29) is 0 Å². The molecule has 6 fully saturated rings. The third-order valence-corrected chi connectivity index (χ3v) is 8.95. The van der Waals surface area contributed by atoms with Gasteiger partial charge in [0.1, 0.15) is 0 Å². The van der Waals surface area contributed by atoms with E-state index < -0.39 is 119 Å². The Bertz CT molecular complexity index is 1620. The number of hydrogen-bond donors (Lipinski definition) is 0. The molecule has 340 valence electrons. The summed E-state index contributed by atoms with van der Waals surface area (Å²) in [7, 11) is 0. The highest BCUT2D eigenvalue weighted by molar-refractivity contribution is 5.55. The fourth-order valence-electron chi connectivity index (χ4n) is 6.04. The highest BCUT2D eigenvalue weighted by atomic mass is 19.4. The average Bonchev–Trinajstić information content (AvgIpc) is 3.73. The number of hydrogen-bond acceptors (Lipinski definition) is 6. The van der Waals surface area contributed by atoms with Crippen LogP contribution in [0.4, 0.5) is 140 Å². The van der Waals surface area contributed by atoms with E-state index in [1.807, 2.05) is 0 Å². The van der Waals surface area contributed by atoms with Gasteiger partial charge in [0.2, 0.25) is 0 Å². The Balaban J connectivity index is 1.81. The highest BCUT2D eigenvalue weighted by Crippen LogP contribution is 2.89. The van der Waals surface area contributed by atoms with Crippen molar-refractivity contribution in [1.82, 2.24) is 0 Å². The first-order valence-electron chi connectivity index (χ1n) is 13.0. The van der Waals surface area contributed by atoms with E-state index >= 15 is 52.7 Å². The largest absolute Gasteiger partial charge is 0.453 e. The Morgan fingerprint density at radius 3 is 0.690 bits per heavy atom. The minimum atomic E-state index is -9.78. The van der Waals surface area contributed by atoms with Gasteiger partial charge < -0.3 is 0 Å². The fourth-order valence-corrected chi connectivity index (χ4v) is 6.04. The molecule has 58 heavy (non-hydrogen) atoms. The molecule has 2 aliphatic heterocycles. The molecule has 6 rings (SSSR count). The van der Waals surface area contributed by atoms with Crippen LogP contribution >= 0.6 is 0 Å². The molecule has 2 unspecified atom stereocenters. The standard InChI is InChI=1S/C20F32O6/c21-1-5(23,24)2(22)8(29,30)3(6(1,25)26,53-17(45,46)19(49,50)57-15(41,42)11(35)13(37,38)55-11)10(33,34)4(7(1,27)28,9(2,31)32)54-18(47,48)20(51,52)58-16(43,44)12(36)14(39,40)56-12. The molecule has 0 N–H and O–H groups in total. The monoisotopic (exact) mass is 944 g/mol. The van der Waals surface area contributed by atoms with E-state index in [1.165, 1.54) is 18.9 Å². The van der Waals surface area contributed by atoms with Gasteiger partial charge in [-0.3, -0.25) is 18.9 Å². The van der Waals surface area contributed by atoms with Crippen LogP contribution in [0.5, 0.6) is 0 Å². The Kier molecular flexibility index (Phi) is 8.22. The molecule has 4 aliphatic carbocycles. The summed E-state index contributed by atoms with van der Waals surface area (Å²) in [4.78, 5) is 0. The van der Waals surface area contributed by atoms with Gasteiger partial charge in [-0.15, -0.1) is 0 Å². The molecule has 6 aliphatic rings. The lowest BCUT2D eigenvalue weighted by atomic mass is 9.39. The Morgan fingerprint density at radius 1 is 0.293 bits per heavy atom. The van der Waals surface area contributed by atoms with Crippen molar-refractivity contribution in [3.8, 4) is 0 Å². The summed E-state index contributed by atoms with van der Waals surface area (Å²) in [5, 5.41) is 0. The maximum Gasteiger partial charge on any atom is 0.453 e. The summed E-state index contributed by atoms with van der Waals surface area (Å²) < 4.78 is 473. The van der Waals surface area contributed by atoms with Crippen LogP contribution in [0.25, 0.3) is 0 Å². The highest BCUT2D eigenvalue weighted by Gasteiger charge is 3.24. The zero-order chi connectivity index (χ0) is 46.2. The van der Waals surface area contributed by atoms with E-state index in [4.69, 9.17) is 0 Å². The molecule has 2 atom stereocenters. The molecular formula is C20F32O6. The number of alkyl halides is 32. The molecule has 0 aromatic heterocycles. The first-order chi connectivity index (χ1) is 24.7. The zero-order valence-corrected chi connectivity index (χ0v) is 24.5. The SMILES string of the molecule is FC(F)(OC(F)(F)C1(F)OC1(F)F)C(F)(F)OC12C(F)(F)C3(F)C(F)(F)C(F)(C1(F)F)C(F)(F)C(OC(F)(F)C(F)(F)OC(F)(F)C1(F)OC1(F)F)(C3(F)F)C2(F)F. The first kappa shape index (κ1) is 46.6. The summed E-state index contributed by atoms with van der Waals surface area (Å²) >= 11 is 0. The second-order valence-electron chi connectivity index (χ2n) is 12.1. The van der Waals surface area contributed by atoms with Gasteiger partial charge >= 0.3 is 107 Å². The van der Waals surface area contributed by atoms with Crippen molar-refractivity contribution >= 4 is 0 Å². The van der Waals surface area contributed by atoms with Crippen molar-refractivity contribution in [3.05, 3.63) is 0 Å². The van der Waals surface area contributed by atoms with Crippen LogP contribution in [0, 0.1) is 0 Å². The van der Waals surface area contributed by atoms with E-state index in [2.05, 4.69) is 9.47 Å². The number of halogens is 32. The lowest BCUT2D eigenvalue weighted by Crippen LogP contribution is -3.11. The van der Waals surface area contributed by atoms with Crippen LogP contribution in [0.15, 0.2) is 0 Å². The van der Waals surface area contributed by atoms with Crippen LogP contribution in [-0.4, -0.2) is 119 Å². The van der Waals surface area contributed by atoms with Crippen molar-refractivity contribution in [2.45, 2.75) is 119 Å². The molecule has 0 amide bonds. The zero-order valence-electron chi connectivity index (χ0n) is 24.5. The van der Waals surface area contributed by atoms with Crippen molar-refractivity contribution in [3.63, 3.8) is 0 Å². The Morgan fingerprint density at radius 2 is 0.500 bits per heavy atom. The molecule has 4 bridgehead atoms. The quantitative estimate of drug-likeness (QED) is 0.144. The minimum absolute atomic E-state index is 1.34. The van der Waals surface area contributed by atoms with Crippen LogP contribution in [0.3, 0.4) is 0 Å². The maximum atomic E-state index is 15.9. The van der Waals surface area contributed by atoms with Gasteiger partial charge in [-0.05, 0) is 0 Å². The van der Waals surface area contributed by atoms with Crippen molar-refractivity contribution in [1.29, 1.82) is 0 Å². The second-order valence-corrected chi connectivity index (χ2v) is 12.1. The van der Waals surface area contributed by atoms with Gasteiger partial charge in [-0.25, -0.2) is 18.3 Å². The first-order valence-corrected chi connectivity index (χ1v) is 13.0. The third kappa shape index (κ3) is 4.02. The predicted octanol–water partition coefficient (Wildman–Crippen LogP) is 8.93. The van der Waals surface area contributed by atoms with Gasteiger partial charge in [0, 0.05) is 0 Å². The van der Waals surface area contributed by atoms with Crippen LogP contribution in [-0.2, 0) is 28.4 Å². The van der Waals surface area contributed by atoms with E-state index in [9.17, 15) is 87.8 Å². The smallest absolute Gasteiger partial charge is 0.287 e. The van der Waals surface area contributed by atoms with Crippen molar-refractivity contribution in [2.24, 2.45) is 0 Å². The minimum Gasteiger partial charge on any atom is -0.287 e. The Hall–Kier alpha value is -2.48. The average molecular weight is 944 g/mol. The lowest BCUT2D eigenvalue weighted by molar-refractivity contribution is -0.662. The number of epoxide rings is 2. The molecule has 38 heteroatoms. The molecule has 0 spiro atoms. The van der Waals surface area contributed by atoms with Gasteiger partial charge in [0.05, 0.1) is 0 Å². The summed E-state index contributed by atoms with van der Waals surface area (Å²) in [6.07, 6.45) is -63.0. The van der Waals surface area contributed by atoms with E-state index in [0.717, 1.165) is 0 Å². The topological polar surface area (TPSA) is 62.0 Å². The second kappa shape index (κ2) is 10.2. The van der Waals surface area contributed by atoms with Crippen LogP contribution in [0.1, 0.15) is 0 Å². The van der Waals surface area contributed by atoms with Gasteiger partial charge in [-0.1, -0.05) is 0 Å². The maximum absolute atomic E-state index is 15.9. The molecular weight excluding hydrogens is 944 g/mol. The normalized spacial score (nSPS) is 41.4. The van der Waals surface area contributed by atoms with E-state index in [1.54, 1.807) is 0 Å².